The fraction of sp³-hybridized carbons (Fsp3) is 0.160. The maximum absolute atomic E-state index is 13.4. The third-order valence-corrected chi connectivity index (χ3v) is 5.70. The number of nitrogens with zero attached hydrogens (tertiary/aromatic N) is 7. The lowest BCUT2D eigenvalue weighted by Crippen LogP contribution is -2.13. The van der Waals surface area contributed by atoms with E-state index in [-0.39, 0.29) is 11.9 Å². The number of furan rings is 1. The Morgan fingerprint density at radius 2 is 2.00 bits per heavy atom. The summed E-state index contributed by atoms with van der Waals surface area (Å²) < 4.78 is 11.0. The van der Waals surface area contributed by atoms with Crippen LogP contribution >= 0.6 is 0 Å². The van der Waals surface area contributed by atoms with E-state index in [1.165, 1.54) is 0 Å². The van der Waals surface area contributed by atoms with Gasteiger partial charge in [0.05, 0.1) is 47.5 Å². The van der Waals surface area contributed by atoms with Crippen molar-refractivity contribution in [1.29, 1.82) is 0 Å². The van der Waals surface area contributed by atoms with Gasteiger partial charge in [0.2, 0.25) is 0 Å². The smallest absolute Gasteiger partial charge is 0.256 e. The van der Waals surface area contributed by atoms with E-state index in [2.05, 4.69) is 20.5 Å². The van der Waals surface area contributed by atoms with E-state index in [0.717, 1.165) is 11.3 Å². The van der Waals surface area contributed by atoms with Crippen LogP contribution in [0.1, 0.15) is 35.9 Å². The van der Waals surface area contributed by atoms with Crippen LogP contribution in [0.3, 0.4) is 0 Å². The molecular formula is C25H22N8O2. The first-order valence-electron chi connectivity index (χ1n) is 11.2. The lowest BCUT2D eigenvalue weighted by atomic mass is 10.1. The molecule has 0 spiro atoms. The fourth-order valence-electron chi connectivity index (χ4n) is 4.08. The molecule has 0 saturated carbocycles. The lowest BCUT2D eigenvalue weighted by Gasteiger charge is -2.09. The molecular weight excluding hydrogens is 444 g/mol. The highest BCUT2D eigenvalue weighted by atomic mass is 16.3. The monoisotopic (exact) mass is 466 g/mol. The molecule has 6 rings (SSSR count). The maximum Gasteiger partial charge on any atom is 0.256 e. The zero-order chi connectivity index (χ0) is 23.9. The number of nitrogens with one attached hydrogen (secondary N) is 1. The van der Waals surface area contributed by atoms with Crippen molar-refractivity contribution < 1.29 is 9.21 Å². The first-order chi connectivity index (χ1) is 17.0. The van der Waals surface area contributed by atoms with Crippen LogP contribution < -0.4 is 5.32 Å². The summed E-state index contributed by atoms with van der Waals surface area (Å²) in [7, 11) is 0. The molecule has 0 aliphatic carbocycles. The summed E-state index contributed by atoms with van der Waals surface area (Å²) in [5, 5.41) is 12.5. The van der Waals surface area contributed by atoms with Crippen molar-refractivity contribution in [3.8, 4) is 11.5 Å². The molecule has 10 nitrogen and oxygen atoms in total. The van der Waals surface area contributed by atoms with Crippen molar-refractivity contribution in [3.05, 3.63) is 84.9 Å². The topological polar surface area (TPSA) is 108 Å². The predicted octanol–water partition coefficient (Wildman–Crippen LogP) is 4.42. The highest BCUT2D eigenvalue weighted by Gasteiger charge is 2.20. The highest BCUT2D eigenvalue weighted by molar-refractivity contribution is 6.12. The van der Waals surface area contributed by atoms with Crippen LogP contribution in [0.4, 0.5) is 5.69 Å². The second-order valence-electron chi connectivity index (χ2n) is 8.53. The van der Waals surface area contributed by atoms with Gasteiger partial charge in [-0.1, -0.05) is 6.07 Å². The van der Waals surface area contributed by atoms with Crippen LogP contribution in [-0.2, 0) is 6.54 Å². The minimum Gasteiger partial charge on any atom is -0.463 e. The van der Waals surface area contributed by atoms with Crippen LogP contribution in [0.5, 0.6) is 0 Å². The van der Waals surface area contributed by atoms with Gasteiger partial charge in [0.25, 0.3) is 5.91 Å². The van der Waals surface area contributed by atoms with Crippen molar-refractivity contribution in [2.24, 2.45) is 0 Å². The summed E-state index contributed by atoms with van der Waals surface area (Å²) in [6.45, 7) is 4.52. The fourth-order valence-corrected chi connectivity index (χ4v) is 4.08. The van der Waals surface area contributed by atoms with Gasteiger partial charge >= 0.3 is 0 Å². The average Bonchev–Trinajstić information content (AvgIpc) is 3.64. The number of hydrogen-bond acceptors (Lipinski definition) is 6. The Labute approximate surface area is 199 Å². The summed E-state index contributed by atoms with van der Waals surface area (Å²) in [6, 6.07) is 11.3. The lowest BCUT2D eigenvalue weighted by molar-refractivity contribution is 0.102. The molecule has 0 aromatic carbocycles. The van der Waals surface area contributed by atoms with E-state index in [9.17, 15) is 4.79 Å². The van der Waals surface area contributed by atoms with Gasteiger partial charge < -0.3 is 14.1 Å². The number of fused-ring (bicyclic) bond motifs is 2. The Bertz CT molecular complexity index is 1620. The molecule has 6 aromatic heterocycles. The average molecular weight is 467 g/mol. The summed E-state index contributed by atoms with van der Waals surface area (Å²) in [6.07, 6.45) is 10.6. The standard InChI is InChI=1S/C25H22N8O2/c1-16(2)33-24-20(12-27-33)19(10-21(30-24)22-6-5-9-35-22)25(34)29-17-11-26-32(14-17)15-18-13-31-8-4-3-7-23(31)28-18/h3-14,16H,15H2,1-2H3,(H,29,34). The van der Waals surface area contributed by atoms with Crippen molar-refractivity contribution in [1.82, 2.24) is 33.9 Å². The third-order valence-electron chi connectivity index (χ3n) is 5.70. The van der Waals surface area contributed by atoms with Crippen molar-refractivity contribution >= 4 is 28.3 Å². The zero-order valence-corrected chi connectivity index (χ0v) is 19.2. The molecule has 6 heterocycles. The number of rotatable bonds is 6. The molecule has 0 saturated heterocycles. The van der Waals surface area contributed by atoms with E-state index in [1.807, 2.05) is 54.9 Å². The van der Waals surface area contributed by atoms with Crippen molar-refractivity contribution in [3.63, 3.8) is 0 Å². The van der Waals surface area contributed by atoms with Gasteiger partial charge in [-0.3, -0.25) is 9.48 Å². The quantitative estimate of drug-likeness (QED) is 0.389. The maximum atomic E-state index is 13.4. The highest BCUT2D eigenvalue weighted by Crippen LogP contribution is 2.27. The molecule has 0 atom stereocenters. The second kappa shape index (κ2) is 8.24. The van der Waals surface area contributed by atoms with E-state index >= 15 is 0 Å². The Kier molecular flexibility index (Phi) is 4.91. The minimum atomic E-state index is -0.277. The van der Waals surface area contributed by atoms with Gasteiger partial charge in [0, 0.05) is 24.6 Å². The number of amides is 1. The summed E-state index contributed by atoms with van der Waals surface area (Å²) in [4.78, 5) is 22.7. The summed E-state index contributed by atoms with van der Waals surface area (Å²) in [5.74, 6) is 0.304. The Balaban J connectivity index is 1.29. The summed E-state index contributed by atoms with van der Waals surface area (Å²) in [5.41, 5.74) is 3.98. The zero-order valence-electron chi connectivity index (χ0n) is 19.2. The Hall–Kier alpha value is -4.73. The van der Waals surface area contributed by atoms with Gasteiger partial charge in [-0.05, 0) is 44.2 Å². The molecule has 0 fully saturated rings. The van der Waals surface area contributed by atoms with Crippen LogP contribution in [0, 0.1) is 0 Å². The predicted molar refractivity (Wildman–Crippen MR) is 130 cm³/mol. The SMILES string of the molecule is CC(C)n1ncc2c(C(=O)Nc3cnn(Cc4cn5ccccc5n4)c3)cc(-c3ccco3)nc21. The Morgan fingerprint density at radius 3 is 2.80 bits per heavy atom. The van der Waals surface area contributed by atoms with E-state index < -0.39 is 0 Å². The molecule has 0 radical (unpaired) electrons. The molecule has 0 unspecified atom stereocenters. The first-order valence-corrected chi connectivity index (χ1v) is 11.2. The number of carbonyl (C=O) groups excluding carboxylic acids is 1. The van der Waals surface area contributed by atoms with Crippen LogP contribution in [0.25, 0.3) is 28.1 Å². The Morgan fingerprint density at radius 1 is 1.09 bits per heavy atom. The molecule has 10 heteroatoms. The number of pyridine rings is 2. The molecule has 0 aliphatic heterocycles. The largest absolute Gasteiger partial charge is 0.463 e. The number of aromatic nitrogens is 7. The molecule has 174 valence electrons. The number of hydrogen-bond donors (Lipinski definition) is 1. The van der Waals surface area contributed by atoms with Crippen LogP contribution in [0.15, 0.2) is 78.1 Å². The molecule has 35 heavy (non-hydrogen) atoms. The number of anilines is 1. The normalized spacial score (nSPS) is 11.6. The van der Waals surface area contributed by atoms with Gasteiger partial charge in [-0.25, -0.2) is 14.6 Å². The van der Waals surface area contributed by atoms with Gasteiger partial charge in [0.15, 0.2) is 11.4 Å². The van der Waals surface area contributed by atoms with Gasteiger partial charge in [-0.15, -0.1) is 0 Å². The van der Waals surface area contributed by atoms with Crippen molar-refractivity contribution in [2.75, 3.05) is 5.32 Å². The molecule has 1 N–H and O–H groups in total. The second-order valence-corrected chi connectivity index (χ2v) is 8.53. The number of imidazole rings is 1. The van der Waals surface area contributed by atoms with Crippen LogP contribution in [0.2, 0.25) is 0 Å². The van der Waals surface area contributed by atoms with E-state index in [1.54, 1.807) is 46.4 Å². The van der Waals surface area contributed by atoms with Crippen LogP contribution in [-0.4, -0.2) is 39.8 Å². The van der Waals surface area contributed by atoms with Gasteiger partial charge in [-0.2, -0.15) is 10.2 Å². The third kappa shape index (κ3) is 3.84. The summed E-state index contributed by atoms with van der Waals surface area (Å²) >= 11 is 0. The van der Waals surface area contributed by atoms with Gasteiger partial charge in [0.1, 0.15) is 11.3 Å². The molecule has 1 amide bonds. The van der Waals surface area contributed by atoms with E-state index in [4.69, 9.17) is 9.40 Å². The first kappa shape index (κ1) is 20.8. The molecule has 0 aliphatic rings. The van der Waals surface area contributed by atoms with E-state index in [0.29, 0.717) is 40.3 Å². The van der Waals surface area contributed by atoms with Crippen molar-refractivity contribution in [2.45, 2.75) is 26.4 Å². The number of carbonyl (C=O) groups is 1. The molecule has 6 aromatic rings. The molecule has 0 bridgehead atoms. The minimum absolute atomic E-state index is 0.0839.